The van der Waals surface area contributed by atoms with Crippen molar-refractivity contribution in [1.82, 2.24) is 0 Å². The van der Waals surface area contributed by atoms with Gasteiger partial charge in [0.05, 0.1) is 6.61 Å². The lowest BCUT2D eigenvalue weighted by Crippen LogP contribution is -2.11. The summed E-state index contributed by atoms with van der Waals surface area (Å²) in [7, 11) is 0. The molecule has 0 spiro atoms. The minimum absolute atomic E-state index is 0.0310. The van der Waals surface area contributed by atoms with Crippen molar-refractivity contribution in [2.75, 3.05) is 13.2 Å². The third-order valence-electron chi connectivity index (χ3n) is 1.09. The van der Waals surface area contributed by atoms with Gasteiger partial charge in [-0.05, 0) is 13.0 Å². The van der Waals surface area contributed by atoms with Crippen LogP contribution in [0.4, 0.5) is 0 Å². The van der Waals surface area contributed by atoms with Crippen molar-refractivity contribution in [3.63, 3.8) is 0 Å². The summed E-state index contributed by atoms with van der Waals surface area (Å²) in [5, 5.41) is 0. The molecule has 1 aliphatic heterocycles. The Morgan fingerprint density at radius 2 is 2.50 bits per heavy atom. The van der Waals surface area contributed by atoms with Crippen molar-refractivity contribution in [1.29, 1.82) is 0 Å². The molecule has 0 unspecified atom stereocenters. The van der Waals surface area contributed by atoms with Crippen LogP contribution in [0.15, 0.2) is 17.1 Å². The predicted molar refractivity (Wildman–Crippen MR) is 38.1 cm³/mol. The maximum Gasteiger partial charge on any atom is 0.209 e. The first-order valence-electron chi connectivity index (χ1n) is 3.21. The van der Waals surface area contributed by atoms with E-state index in [9.17, 15) is 4.79 Å². The molecule has 0 N–H and O–H groups in total. The van der Waals surface area contributed by atoms with Crippen LogP contribution in [0.3, 0.4) is 0 Å². The molecule has 1 rings (SSSR count). The number of aliphatic imine (C=N–C) groups is 1. The van der Waals surface area contributed by atoms with E-state index < -0.39 is 0 Å². The Kier molecular flexibility index (Phi) is 2.20. The molecule has 0 radical (unpaired) electrons. The standard InChI is InChI=1S/C7H9NO2/c1-2-10-7-4-3-6(9)5-8-7/h3-4H,2,5H2,1H3. The van der Waals surface area contributed by atoms with Gasteiger partial charge >= 0.3 is 0 Å². The molecule has 0 aromatic heterocycles. The van der Waals surface area contributed by atoms with Crippen LogP contribution < -0.4 is 0 Å². The monoisotopic (exact) mass is 139 g/mol. The number of dihydropyridines is 1. The fraction of sp³-hybridized carbons (Fsp3) is 0.429. The van der Waals surface area contributed by atoms with Gasteiger partial charge in [-0.1, -0.05) is 0 Å². The van der Waals surface area contributed by atoms with E-state index in [0.717, 1.165) is 0 Å². The summed E-state index contributed by atoms with van der Waals surface area (Å²) in [6.07, 6.45) is 3.08. The first-order valence-corrected chi connectivity index (χ1v) is 3.21. The minimum Gasteiger partial charge on any atom is -0.478 e. The van der Waals surface area contributed by atoms with Gasteiger partial charge in [0.1, 0.15) is 6.54 Å². The lowest BCUT2D eigenvalue weighted by atomic mass is 10.3. The Morgan fingerprint density at radius 3 is 3.00 bits per heavy atom. The first-order chi connectivity index (χ1) is 4.83. The molecule has 0 bridgehead atoms. The lowest BCUT2D eigenvalue weighted by Gasteiger charge is -2.04. The Labute approximate surface area is 59.4 Å². The number of ketones is 1. The van der Waals surface area contributed by atoms with E-state index in [2.05, 4.69) is 4.99 Å². The highest BCUT2D eigenvalue weighted by Gasteiger charge is 2.03. The third kappa shape index (κ3) is 1.69. The highest BCUT2D eigenvalue weighted by atomic mass is 16.5. The smallest absolute Gasteiger partial charge is 0.209 e. The van der Waals surface area contributed by atoms with Crippen LogP contribution in [0, 0.1) is 0 Å². The van der Waals surface area contributed by atoms with E-state index >= 15 is 0 Å². The van der Waals surface area contributed by atoms with E-state index in [1.54, 1.807) is 6.08 Å². The summed E-state index contributed by atoms with van der Waals surface area (Å²) in [4.78, 5) is 14.4. The number of carbonyl (C=O) groups is 1. The summed E-state index contributed by atoms with van der Waals surface area (Å²) in [5.74, 6) is 0.588. The maximum absolute atomic E-state index is 10.6. The van der Waals surface area contributed by atoms with Crippen molar-refractivity contribution in [3.05, 3.63) is 12.2 Å². The molecule has 3 nitrogen and oxygen atoms in total. The minimum atomic E-state index is 0.0310. The molecule has 0 saturated carbocycles. The molecule has 1 aliphatic rings. The Bertz CT molecular complexity index is 194. The topological polar surface area (TPSA) is 38.7 Å². The molecular weight excluding hydrogens is 130 g/mol. The zero-order valence-corrected chi connectivity index (χ0v) is 5.83. The van der Waals surface area contributed by atoms with Crippen molar-refractivity contribution < 1.29 is 9.53 Å². The summed E-state index contributed by atoms with van der Waals surface area (Å²) in [5.41, 5.74) is 0. The molecule has 0 amide bonds. The average molecular weight is 139 g/mol. The first kappa shape index (κ1) is 6.99. The lowest BCUT2D eigenvalue weighted by molar-refractivity contribution is -0.113. The van der Waals surface area contributed by atoms with Crippen molar-refractivity contribution >= 4 is 11.7 Å². The zero-order chi connectivity index (χ0) is 7.40. The average Bonchev–Trinajstić information content (AvgIpc) is 1.95. The van der Waals surface area contributed by atoms with E-state index in [0.29, 0.717) is 12.5 Å². The normalized spacial score (nSPS) is 16.9. The van der Waals surface area contributed by atoms with Crippen LogP contribution in [0.5, 0.6) is 0 Å². The number of rotatable bonds is 1. The summed E-state index contributed by atoms with van der Waals surface area (Å²) >= 11 is 0. The zero-order valence-electron chi connectivity index (χ0n) is 5.83. The Balaban J connectivity index is 2.50. The summed E-state index contributed by atoms with van der Waals surface area (Å²) in [6.45, 7) is 2.70. The van der Waals surface area contributed by atoms with Crippen LogP contribution in [0.25, 0.3) is 0 Å². The fourth-order valence-corrected chi connectivity index (χ4v) is 0.667. The molecule has 1 heterocycles. The van der Waals surface area contributed by atoms with Gasteiger partial charge in [0.25, 0.3) is 0 Å². The highest BCUT2D eigenvalue weighted by molar-refractivity contribution is 6.03. The van der Waals surface area contributed by atoms with Crippen LogP contribution in [0.2, 0.25) is 0 Å². The Hall–Kier alpha value is -1.12. The number of hydrogen-bond acceptors (Lipinski definition) is 3. The van der Waals surface area contributed by atoms with E-state index in [-0.39, 0.29) is 12.3 Å². The molecule has 0 aromatic carbocycles. The Morgan fingerprint density at radius 1 is 1.70 bits per heavy atom. The quantitative estimate of drug-likeness (QED) is 0.532. The van der Waals surface area contributed by atoms with Gasteiger partial charge in [0.2, 0.25) is 5.90 Å². The van der Waals surface area contributed by atoms with Gasteiger partial charge in [-0.3, -0.25) is 4.79 Å². The molecule has 0 saturated heterocycles. The fourth-order valence-electron chi connectivity index (χ4n) is 0.667. The van der Waals surface area contributed by atoms with Gasteiger partial charge in [-0.2, -0.15) is 0 Å². The molecule has 0 aliphatic carbocycles. The van der Waals surface area contributed by atoms with Crippen LogP contribution in [-0.4, -0.2) is 24.8 Å². The van der Waals surface area contributed by atoms with Gasteiger partial charge < -0.3 is 4.74 Å². The predicted octanol–water partition coefficient (Wildman–Crippen LogP) is 0.560. The second-order valence-electron chi connectivity index (χ2n) is 1.89. The second-order valence-corrected chi connectivity index (χ2v) is 1.89. The SMILES string of the molecule is CCOC1=NCC(=O)C=C1. The van der Waals surface area contributed by atoms with E-state index in [1.807, 2.05) is 6.92 Å². The number of carbonyl (C=O) groups excluding carboxylic acids is 1. The van der Waals surface area contributed by atoms with E-state index in [1.165, 1.54) is 6.08 Å². The number of hydrogen-bond donors (Lipinski definition) is 0. The molecule has 0 fully saturated rings. The largest absolute Gasteiger partial charge is 0.478 e. The summed E-state index contributed by atoms with van der Waals surface area (Å²) in [6, 6.07) is 0. The second kappa shape index (κ2) is 3.15. The molecular formula is C7H9NO2. The highest BCUT2D eigenvalue weighted by Crippen LogP contribution is 1.94. The number of nitrogens with zero attached hydrogens (tertiary/aromatic N) is 1. The molecule has 0 atom stereocenters. The van der Waals surface area contributed by atoms with Crippen LogP contribution in [0.1, 0.15) is 6.92 Å². The van der Waals surface area contributed by atoms with Gasteiger partial charge in [-0.25, -0.2) is 4.99 Å². The van der Waals surface area contributed by atoms with Gasteiger partial charge in [0.15, 0.2) is 5.78 Å². The molecule has 54 valence electrons. The third-order valence-corrected chi connectivity index (χ3v) is 1.09. The van der Waals surface area contributed by atoms with Gasteiger partial charge in [0, 0.05) is 6.08 Å². The molecule has 0 aromatic rings. The van der Waals surface area contributed by atoms with Crippen molar-refractivity contribution in [2.24, 2.45) is 4.99 Å². The van der Waals surface area contributed by atoms with E-state index in [4.69, 9.17) is 4.74 Å². The van der Waals surface area contributed by atoms with Crippen molar-refractivity contribution in [2.45, 2.75) is 6.92 Å². The van der Waals surface area contributed by atoms with Crippen molar-refractivity contribution in [3.8, 4) is 0 Å². The van der Waals surface area contributed by atoms with Crippen LogP contribution >= 0.6 is 0 Å². The van der Waals surface area contributed by atoms with Crippen LogP contribution in [-0.2, 0) is 9.53 Å². The maximum atomic E-state index is 10.6. The molecule has 3 heteroatoms. The molecule has 10 heavy (non-hydrogen) atoms. The van der Waals surface area contributed by atoms with Gasteiger partial charge in [-0.15, -0.1) is 0 Å². The summed E-state index contributed by atoms with van der Waals surface area (Å²) < 4.78 is 5.04. The number of ether oxygens (including phenoxy) is 1.